The van der Waals surface area contributed by atoms with E-state index in [0.717, 1.165) is 24.2 Å². The molecule has 2 aromatic carbocycles. The number of hydrogen-bond donors (Lipinski definition) is 1. The summed E-state index contributed by atoms with van der Waals surface area (Å²) in [5, 5.41) is 0. The van der Waals surface area contributed by atoms with E-state index in [1.165, 1.54) is 5.56 Å². The molecular formula is C16H16N2O. The SMILES string of the molecule is Cc1ccc(N)cc1C(=O)N1CCc2ccccc21. The normalized spacial score (nSPS) is 13.4. The van der Waals surface area contributed by atoms with Crippen molar-refractivity contribution in [2.45, 2.75) is 13.3 Å². The van der Waals surface area contributed by atoms with E-state index in [1.807, 2.05) is 42.2 Å². The number of hydrogen-bond acceptors (Lipinski definition) is 2. The van der Waals surface area contributed by atoms with Crippen LogP contribution in [0.1, 0.15) is 21.5 Å². The van der Waals surface area contributed by atoms with Crippen LogP contribution >= 0.6 is 0 Å². The summed E-state index contributed by atoms with van der Waals surface area (Å²) in [4.78, 5) is 14.5. The van der Waals surface area contributed by atoms with Crippen molar-refractivity contribution in [3.05, 3.63) is 59.2 Å². The van der Waals surface area contributed by atoms with Gasteiger partial charge in [-0.3, -0.25) is 4.79 Å². The van der Waals surface area contributed by atoms with Crippen LogP contribution in [0.3, 0.4) is 0 Å². The molecular weight excluding hydrogens is 236 g/mol. The molecule has 0 aromatic heterocycles. The van der Waals surface area contributed by atoms with Crippen LogP contribution < -0.4 is 10.6 Å². The Hall–Kier alpha value is -2.29. The highest BCUT2D eigenvalue weighted by Gasteiger charge is 2.25. The lowest BCUT2D eigenvalue weighted by Crippen LogP contribution is -2.29. The number of benzene rings is 2. The van der Waals surface area contributed by atoms with Gasteiger partial charge in [-0.25, -0.2) is 0 Å². The molecule has 2 aromatic rings. The average Bonchev–Trinajstić information content (AvgIpc) is 2.84. The molecule has 0 aliphatic carbocycles. The minimum Gasteiger partial charge on any atom is -0.399 e. The van der Waals surface area contributed by atoms with E-state index in [9.17, 15) is 4.79 Å². The number of aryl methyl sites for hydroxylation is 1. The third kappa shape index (κ3) is 1.97. The Morgan fingerprint density at radius 2 is 2.00 bits per heavy atom. The summed E-state index contributed by atoms with van der Waals surface area (Å²) in [6.07, 6.45) is 0.920. The number of carbonyl (C=O) groups is 1. The van der Waals surface area contributed by atoms with Crippen molar-refractivity contribution in [3.8, 4) is 0 Å². The maximum absolute atomic E-state index is 12.7. The number of rotatable bonds is 1. The molecule has 1 aliphatic rings. The summed E-state index contributed by atoms with van der Waals surface area (Å²) in [5.41, 5.74) is 10.3. The van der Waals surface area contributed by atoms with E-state index < -0.39 is 0 Å². The lowest BCUT2D eigenvalue weighted by molar-refractivity contribution is 0.0989. The van der Waals surface area contributed by atoms with Gasteiger partial charge in [0.25, 0.3) is 5.91 Å². The lowest BCUT2D eigenvalue weighted by Gasteiger charge is -2.18. The van der Waals surface area contributed by atoms with Crippen LogP contribution in [-0.4, -0.2) is 12.5 Å². The highest BCUT2D eigenvalue weighted by atomic mass is 16.2. The molecule has 0 bridgehead atoms. The van der Waals surface area contributed by atoms with Crippen molar-refractivity contribution >= 4 is 17.3 Å². The fourth-order valence-corrected chi connectivity index (χ4v) is 2.56. The number of nitrogens with zero attached hydrogens (tertiary/aromatic N) is 1. The standard InChI is InChI=1S/C16H16N2O/c1-11-6-7-13(17)10-14(11)16(19)18-9-8-12-4-2-3-5-15(12)18/h2-7,10H,8-9,17H2,1H3. The second-order valence-corrected chi connectivity index (χ2v) is 4.91. The van der Waals surface area contributed by atoms with Crippen molar-refractivity contribution in [2.24, 2.45) is 0 Å². The van der Waals surface area contributed by atoms with Gasteiger partial charge in [0.2, 0.25) is 0 Å². The van der Waals surface area contributed by atoms with E-state index in [0.29, 0.717) is 11.3 Å². The maximum atomic E-state index is 12.7. The van der Waals surface area contributed by atoms with Gasteiger partial charge in [-0.1, -0.05) is 24.3 Å². The Morgan fingerprint density at radius 3 is 2.84 bits per heavy atom. The molecule has 0 saturated carbocycles. The summed E-state index contributed by atoms with van der Waals surface area (Å²) in [5.74, 6) is 0.0368. The number of nitrogens with two attached hydrogens (primary N) is 1. The van der Waals surface area contributed by atoms with Crippen molar-refractivity contribution in [1.82, 2.24) is 0 Å². The average molecular weight is 252 g/mol. The fraction of sp³-hybridized carbons (Fsp3) is 0.188. The molecule has 1 amide bonds. The Morgan fingerprint density at radius 1 is 1.21 bits per heavy atom. The minimum absolute atomic E-state index is 0.0368. The van der Waals surface area contributed by atoms with Crippen LogP contribution in [0.15, 0.2) is 42.5 Å². The predicted octanol–water partition coefficient (Wildman–Crippen LogP) is 2.78. The van der Waals surface area contributed by atoms with Gasteiger partial charge >= 0.3 is 0 Å². The largest absolute Gasteiger partial charge is 0.399 e. The Kier molecular flexibility index (Phi) is 2.75. The number of anilines is 2. The zero-order chi connectivity index (χ0) is 13.4. The van der Waals surface area contributed by atoms with Crippen LogP contribution in [-0.2, 0) is 6.42 Å². The number of amides is 1. The second kappa shape index (κ2) is 4.43. The van der Waals surface area contributed by atoms with Crippen LogP contribution in [0, 0.1) is 6.92 Å². The van der Waals surface area contributed by atoms with E-state index >= 15 is 0 Å². The summed E-state index contributed by atoms with van der Waals surface area (Å²) >= 11 is 0. The summed E-state index contributed by atoms with van der Waals surface area (Å²) < 4.78 is 0. The van der Waals surface area contributed by atoms with Crippen molar-refractivity contribution < 1.29 is 4.79 Å². The van der Waals surface area contributed by atoms with Gasteiger partial charge in [0.05, 0.1) is 0 Å². The van der Waals surface area contributed by atoms with Crippen LogP contribution in [0.25, 0.3) is 0 Å². The lowest BCUT2D eigenvalue weighted by atomic mass is 10.1. The number of nitrogen functional groups attached to an aromatic ring is 1. The van der Waals surface area contributed by atoms with E-state index in [2.05, 4.69) is 6.07 Å². The van der Waals surface area contributed by atoms with Gasteiger partial charge in [0.15, 0.2) is 0 Å². The van der Waals surface area contributed by atoms with E-state index in [-0.39, 0.29) is 5.91 Å². The molecule has 3 rings (SSSR count). The predicted molar refractivity (Wildman–Crippen MR) is 77.4 cm³/mol. The molecule has 0 atom stereocenters. The Labute approximate surface area is 112 Å². The summed E-state index contributed by atoms with van der Waals surface area (Å²) in [6, 6.07) is 13.5. The first-order chi connectivity index (χ1) is 9.16. The van der Waals surface area contributed by atoms with Gasteiger partial charge in [0.1, 0.15) is 0 Å². The van der Waals surface area contributed by atoms with Crippen molar-refractivity contribution in [3.63, 3.8) is 0 Å². The molecule has 2 N–H and O–H groups in total. The first-order valence-electron chi connectivity index (χ1n) is 6.43. The van der Waals surface area contributed by atoms with Gasteiger partial charge in [-0.15, -0.1) is 0 Å². The number of para-hydroxylation sites is 1. The first-order valence-corrected chi connectivity index (χ1v) is 6.43. The smallest absolute Gasteiger partial charge is 0.258 e. The molecule has 3 heteroatoms. The summed E-state index contributed by atoms with van der Waals surface area (Å²) in [7, 11) is 0. The maximum Gasteiger partial charge on any atom is 0.258 e. The summed E-state index contributed by atoms with van der Waals surface area (Å²) in [6.45, 7) is 2.68. The molecule has 0 spiro atoms. The van der Waals surface area contributed by atoms with Gasteiger partial charge < -0.3 is 10.6 Å². The van der Waals surface area contributed by atoms with Crippen molar-refractivity contribution in [2.75, 3.05) is 17.2 Å². The zero-order valence-electron chi connectivity index (χ0n) is 10.9. The van der Waals surface area contributed by atoms with Crippen LogP contribution in [0.2, 0.25) is 0 Å². The number of carbonyl (C=O) groups excluding carboxylic acids is 1. The molecule has 96 valence electrons. The van der Waals surface area contributed by atoms with Crippen LogP contribution in [0.4, 0.5) is 11.4 Å². The topological polar surface area (TPSA) is 46.3 Å². The quantitative estimate of drug-likeness (QED) is 0.793. The first kappa shape index (κ1) is 11.8. The molecule has 19 heavy (non-hydrogen) atoms. The Bertz CT molecular complexity index is 649. The third-order valence-electron chi connectivity index (χ3n) is 3.62. The molecule has 0 saturated heterocycles. The zero-order valence-corrected chi connectivity index (χ0v) is 10.9. The molecule has 0 radical (unpaired) electrons. The van der Waals surface area contributed by atoms with Crippen molar-refractivity contribution in [1.29, 1.82) is 0 Å². The number of fused-ring (bicyclic) bond motifs is 1. The molecule has 1 heterocycles. The van der Waals surface area contributed by atoms with E-state index in [1.54, 1.807) is 6.07 Å². The third-order valence-corrected chi connectivity index (χ3v) is 3.62. The molecule has 0 unspecified atom stereocenters. The highest BCUT2D eigenvalue weighted by Crippen LogP contribution is 2.29. The molecule has 1 aliphatic heterocycles. The molecule has 0 fully saturated rings. The minimum atomic E-state index is 0.0368. The van der Waals surface area contributed by atoms with Gasteiger partial charge in [0, 0.05) is 23.5 Å². The monoisotopic (exact) mass is 252 g/mol. The second-order valence-electron chi connectivity index (χ2n) is 4.91. The Balaban J connectivity index is 2.00. The van der Waals surface area contributed by atoms with Gasteiger partial charge in [-0.2, -0.15) is 0 Å². The highest BCUT2D eigenvalue weighted by molar-refractivity contribution is 6.08. The van der Waals surface area contributed by atoms with Crippen LogP contribution in [0.5, 0.6) is 0 Å². The van der Waals surface area contributed by atoms with E-state index in [4.69, 9.17) is 5.73 Å². The fourth-order valence-electron chi connectivity index (χ4n) is 2.56. The van der Waals surface area contributed by atoms with Gasteiger partial charge in [-0.05, 0) is 42.7 Å². The molecule has 3 nitrogen and oxygen atoms in total.